The lowest BCUT2D eigenvalue weighted by molar-refractivity contribution is 0.311. The van der Waals surface area contributed by atoms with Crippen LogP contribution in [0.15, 0.2) is 42.7 Å². The second-order valence-corrected chi connectivity index (χ2v) is 3.31. The van der Waals surface area contributed by atoms with Crippen LogP contribution < -0.4 is 10.1 Å². The Morgan fingerprint density at radius 1 is 1.18 bits per heavy atom. The van der Waals surface area contributed by atoms with Crippen LogP contribution in [0.25, 0.3) is 0 Å². The summed E-state index contributed by atoms with van der Waals surface area (Å²) >= 11 is 0. The van der Waals surface area contributed by atoms with Crippen LogP contribution in [0, 0.1) is 0 Å². The molecule has 0 saturated carbocycles. The molecule has 0 bridgehead atoms. The van der Waals surface area contributed by atoms with E-state index in [0.29, 0.717) is 18.2 Å². The molecule has 5 heteroatoms. The van der Waals surface area contributed by atoms with E-state index in [1.165, 1.54) is 6.33 Å². The van der Waals surface area contributed by atoms with Crippen molar-refractivity contribution in [2.75, 3.05) is 18.5 Å². The topological polar surface area (TPSA) is 67.3 Å². The summed E-state index contributed by atoms with van der Waals surface area (Å²) in [5.74, 6) is 1.81. The first-order valence-electron chi connectivity index (χ1n) is 5.28. The van der Waals surface area contributed by atoms with E-state index in [0.717, 1.165) is 5.75 Å². The fraction of sp³-hybridized carbons (Fsp3) is 0.167. The van der Waals surface area contributed by atoms with E-state index in [1.807, 2.05) is 30.3 Å². The molecule has 2 rings (SSSR count). The Morgan fingerprint density at radius 2 is 2.00 bits per heavy atom. The molecule has 0 fully saturated rings. The zero-order valence-corrected chi connectivity index (χ0v) is 9.21. The van der Waals surface area contributed by atoms with Gasteiger partial charge in [0.25, 0.3) is 0 Å². The molecule has 0 radical (unpaired) electrons. The maximum absolute atomic E-state index is 8.69. The summed E-state index contributed by atoms with van der Waals surface area (Å²) in [7, 11) is 0. The lowest BCUT2D eigenvalue weighted by Gasteiger charge is -2.06. The van der Waals surface area contributed by atoms with E-state index in [-0.39, 0.29) is 6.61 Å². The van der Waals surface area contributed by atoms with Gasteiger partial charge in [0, 0.05) is 12.6 Å². The van der Waals surface area contributed by atoms with E-state index in [4.69, 9.17) is 9.84 Å². The van der Waals surface area contributed by atoms with Gasteiger partial charge in [0.1, 0.15) is 17.9 Å². The number of nitrogens with zero attached hydrogens (tertiary/aromatic N) is 2. The zero-order chi connectivity index (χ0) is 11.9. The van der Waals surface area contributed by atoms with Crippen molar-refractivity contribution in [1.82, 2.24) is 9.97 Å². The molecule has 0 amide bonds. The molecule has 0 aliphatic heterocycles. The molecule has 1 aromatic carbocycles. The average Bonchev–Trinajstić information content (AvgIpc) is 2.38. The predicted molar refractivity (Wildman–Crippen MR) is 64.1 cm³/mol. The Hall–Kier alpha value is -2.14. The summed E-state index contributed by atoms with van der Waals surface area (Å²) in [5, 5.41) is 11.6. The molecule has 1 heterocycles. The summed E-state index contributed by atoms with van der Waals surface area (Å²) in [6, 6.07) is 11.1. The van der Waals surface area contributed by atoms with E-state index >= 15 is 0 Å². The van der Waals surface area contributed by atoms with Crippen molar-refractivity contribution < 1.29 is 9.84 Å². The van der Waals surface area contributed by atoms with Crippen molar-refractivity contribution in [2.24, 2.45) is 0 Å². The number of hydrogen-bond donors (Lipinski definition) is 2. The second kappa shape index (κ2) is 5.81. The number of aliphatic hydroxyl groups excluding tert-OH is 1. The third-order valence-electron chi connectivity index (χ3n) is 2.03. The molecule has 2 N–H and O–H groups in total. The molecule has 0 unspecified atom stereocenters. The minimum atomic E-state index is 0.0544. The van der Waals surface area contributed by atoms with Crippen LogP contribution in [-0.4, -0.2) is 28.2 Å². The number of para-hydroxylation sites is 1. The number of aliphatic hydroxyl groups is 1. The number of anilines is 1. The SMILES string of the molecule is OCCNc1cc(Oc2ccccc2)ncn1. The van der Waals surface area contributed by atoms with Crippen molar-refractivity contribution in [1.29, 1.82) is 0 Å². The fourth-order valence-electron chi connectivity index (χ4n) is 1.29. The molecule has 0 atom stereocenters. The Balaban J connectivity index is 2.06. The third-order valence-corrected chi connectivity index (χ3v) is 2.03. The largest absolute Gasteiger partial charge is 0.439 e. The monoisotopic (exact) mass is 231 g/mol. The van der Waals surface area contributed by atoms with Crippen LogP contribution >= 0.6 is 0 Å². The van der Waals surface area contributed by atoms with Gasteiger partial charge in [-0.25, -0.2) is 9.97 Å². The summed E-state index contributed by atoms with van der Waals surface area (Å²) in [5.41, 5.74) is 0. The number of benzene rings is 1. The molecule has 2 aromatic rings. The third kappa shape index (κ3) is 3.42. The van der Waals surface area contributed by atoms with Gasteiger partial charge in [-0.2, -0.15) is 0 Å². The molecule has 0 spiro atoms. The van der Waals surface area contributed by atoms with Crippen LogP contribution in [0.3, 0.4) is 0 Å². The number of hydrogen-bond acceptors (Lipinski definition) is 5. The minimum absolute atomic E-state index is 0.0544. The predicted octanol–water partition coefficient (Wildman–Crippen LogP) is 1.67. The van der Waals surface area contributed by atoms with Gasteiger partial charge in [0.15, 0.2) is 0 Å². The zero-order valence-electron chi connectivity index (χ0n) is 9.21. The van der Waals surface area contributed by atoms with Gasteiger partial charge in [-0.1, -0.05) is 18.2 Å². The van der Waals surface area contributed by atoms with Gasteiger partial charge in [0.2, 0.25) is 5.88 Å². The quantitative estimate of drug-likeness (QED) is 0.819. The highest BCUT2D eigenvalue weighted by molar-refractivity contribution is 5.38. The van der Waals surface area contributed by atoms with E-state index in [2.05, 4.69) is 15.3 Å². The summed E-state index contributed by atoms with van der Waals surface area (Å²) in [6.07, 6.45) is 1.41. The minimum Gasteiger partial charge on any atom is -0.439 e. The smallest absolute Gasteiger partial charge is 0.224 e. The second-order valence-electron chi connectivity index (χ2n) is 3.31. The summed E-state index contributed by atoms with van der Waals surface area (Å²) in [4.78, 5) is 8.01. The van der Waals surface area contributed by atoms with Crippen LogP contribution in [0.1, 0.15) is 0 Å². The normalized spacial score (nSPS) is 9.94. The van der Waals surface area contributed by atoms with Gasteiger partial charge in [0.05, 0.1) is 6.61 Å². The first-order valence-corrected chi connectivity index (χ1v) is 5.28. The highest BCUT2D eigenvalue weighted by Crippen LogP contribution is 2.19. The molecule has 5 nitrogen and oxygen atoms in total. The summed E-state index contributed by atoms with van der Waals surface area (Å²) in [6.45, 7) is 0.501. The van der Waals surface area contributed by atoms with Gasteiger partial charge < -0.3 is 15.2 Å². The molecule has 0 aliphatic rings. The van der Waals surface area contributed by atoms with E-state index in [9.17, 15) is 0 Å². The van der Waals surface area contributed by atoms with Gasteiger partial charge in [-0.05, 0) is 12.1 Å². The molecule has 17 heavy (non-hydrogen) atoms. The van der Waals surface area contributed by atoms with Crippen LogP contribution in [0.2, 0.25) is 0 Å². The molecule has 0 saturated heterocycles. The Kier molecular flexibility index (Phi) is 3.88. The summed E-state index contributed by atoms with van der Waals surface area (Å²) < 4.78 is 5.55. The molecule has 88 valence electrons. The Morgan fingerprint density at radius 3 is 2.76 bits per heavy atom. The van der Waals surface area contributed by atoms with Crippen LogP contribution in [0.5, 0.6) is 11.6 Å². The fourth-order valence-corrected chi connectivity index (χ4v) is 1.29. The maximum atomic E-state index is 8.69. The number of ether oxygens (including phenoxy) is 1. The van der Waals surface area contributed by atoms with Crippen LogP contribution in [-0.2, 0) is 0 Å². The lowest BCUT2D eigenvalue weighted by atomic mass is 10.3. The standard InChI is InChI=1S/C12H13N3O2/c16-7-6-13-11-8-12(15-9-14-11)17-10-4-2-1-3-5-10/h1-5,8-9,16H,6-7H2,(H,13,14,15). The lowest BCUT2D eigenvalue weighted by Crippen LogP contribution is -2.07. The van der Waals surface area contributed by atoms with Gasteiger partial charge in [-0.3, -0.25) is 0 Å². The molecular weight excluding hydrogens is 218 g/mol. The number of nitrogens with one attached hydrogen (secondary N) is 1. The Labute approximate surface area is 99.1 Å². The van der Waals surface area contributed by atoms with Crippen molar-refractivity contribution in [3.05, 3.63) is 42.7 Å². The van der Waals surface area contributed by atoms with Gasteiger partial charge in [-0.15, -0.1) is 0 Å². The van der Waals surface area contributed by atoms with E-state index in [1.54, 1.807) is 6.07 Å². The highest BCUT2D eigenvalue weighted by atomic mass is 16.5. The Bertz CT molecular complexity index is 462. The maximum Gasteiger partial charge on any atom is 0.224 e. The average molecular weight is 231 g/mol. The van der Waals surface area contributed by atoms with Gasteiger partial charge >= 0.3 is 0 Å². The van der Waals surface area contributed by atoms with Crippen molar-refractivity contribution in [2.45, 2.75) is 0 Å². The van der Waals surface area contributed by atoms with Crippen molar-refractivity contribution >= 4 is 5.82 Å². The highest BCUT2D eigenvalue weighted by Gasteiger charge is 2.00. The van der Waals surface area contributed by atoms with E-state index < -0.39 is 0 Å². The molecular formula is C12H13N3O2. The number of aromatic nitrogens is 2. The van der Waals surface area contributed by atoms with Crippen LogP contribution in [0.4, 0.5) is 5.82 Å². The number of rotatable bonds is 5. The van der Waals surface area contributed by atoms with Crippen molar-refractivity contribution in [3.8, 4) is 11.6 Å². The van der Waals surface area contributed by atoms with Crippen molar-refractivity contribution in [3.63, 3.8) is 0 Å². The molecule has 0 aliphatic carbocycles. The first kappa shape index (κ1) is 11.3. The first-order chi connectivity index (χ1) is 8.38. The molecule has 1 aromatic heterocycles.